The molecule has 0 bridgehead atoms. The van der Waals surface area contributed by atoms with E-state index in [9.17, 15) is 0 Å². The number of rotatable bonds is 4. The van der Waals surface area contributed by atoms with Gasteiger partial charge in [0.25, 0.3) is 0 Å². The van der Waals surface area contributed by atoms with Crippen LogP contribution in [0.3, 0.4) is 0 Å². The molecule has 0 amide bonds. The summed E-state index contributed by atoms with van der Waals surface area (Å²) in [7, 11) is 0. The summed E-state index contributed by atoms with van der Waals surface area (Å²) in [5, 5.41) is 20.5. The van der Waals surface area contributed by atoms with E-state index in [0.717, 1.165) is 11.7 Å². The van der Waals surface area contributed by atoms with Crippen molar-refractivity contribution >= 4 is 11.7 Å². The van der Waals surface area contributed by atoms with Crippen LogP contribution in [0.5, 0.6) is 0 Å². The Balaban J connectivity index is -0.000000140. The predicted octanol–water partition coefficient (Wildman–Crippen LogP) is 10.4. The zero-order valence-electron chi connectivity index (χ0n) is 30.1. The first kappa shape index (κ1) is 51.7. The second-order valence-corrected chi connectivity index (χ2v) is 11.5. The van der Waals surface area contributed by atoms with E-state index >= 15 is 0 Å². The van der Waals surface area contributed by atoms with Crippen LogP contribution in [-0.4, -0.2) is 35.8 Å². The molecule has 6 nitrogen and oxygen atoms in total. The Hall–Kier alpha value is 0.100. The molecule has 0 aliphatic heterocycles. The Morgan fingerprint density at radius 2 is 0.690 bits per heavy atom. The SMILES string of the molecule is CC(=NC(C)C)[N-]C(C)C.CC(=NC(C)C)[N-]C(C)C.C[C]1[CH][C](C)[C](C)[C]1C.C[C]1[CH][C](C)[C](C)[C]1C.N#N.[Hf].[Hf]. The molecule has 2 aliphatic carbocycles. The third-order valence-electron chi connectivity index (χ3n) is 6.14. The Morgan fingerprint density at radius 3 is 0.786 bits per heavy atom. The van der Waals surface area contributed by atoms with E-state index < -0.39 is 0 Å². The maximum atomic E-state index is 6.00. The number of amidine groups is 2. The van der Waals surface area contributed by atoms with Gasteiger partial charge in [-0.1, -0.05) is 122 Å². The van der Waals surface area contributed by atoms with Crippen molar-refractivity contribution in [2.45, 2.75) is 149 Å². The minimum atomic E-state index is 0. The molecule has 2 saturated carbocycles. The molecule has 0 aromatic rings. The van der Waals surface area contributed by atoms with Crippen LogP contribution in [0.4, 0.5) is 0 Å². The van der Waals surface area contributed by atoms with Gasteiger partial charge in [-0.2, -0.15) is 0 Å². The van der Waals surface area contributed by atoms with E-state index in [-0.39, 0.29) is 51.7 Å². The van der Waals surface area contributed by atoms with Crippen LogP contribution in [0.1, 0.15) is 125 Å². The van der Waals surface area contributed by atoms with Gasteiger partial charge in [-0.05, 0) is 98.2 Å². The van der Waals surface area contributed by atoms with Gasteiger partial charge in [-0.15, -0.1) is 0 Å². The molecule has 0 N–H and O–H groups in total. The summed E-state index contributed by atoms with van der Waals surface area (Å²) < 4.78 is 0. The molecule has 0 saturated heterocycles. The van der Waals surface area contributed by atoms with Crippen LogP contribution in [0, 0.1) is 71.0 Å². The van der Waals surface area contributed by atoms with Crippen molar-refractivity contribution < 1.29 is 51.7 Å². The molecular formula is C34H60Hf2N6-2. The van der Waals surface area contributed by atoms with E-state index in [2.05, 4.69) is 144 Å². The second-order valence-electron chi connectivity index (χ2n) is 11.5. The Kier molecular flexibility index (Phi) is 35.1. The average Bonchev–Trinajstić information content (AvgIpc) is 3.16. The topological polar surface area (TPSA) is 100 Å². The number of hydrogen-bond donors (Lipinski definition) is 0. The molecule has 2 rings (SSSR count). The van der Waals surface area contributed by atoms with E-state index in [1.54, 1.807) is 0 Å². The minimum Gasteiger partial charge on any atom is -0.467 e. The Morgan fingerprint density at radius 1 is 0.500 bits per heavy atom. The van der Waals surface area contributed by atoms with Crippen molar-refractivity contribution in [1.82, 2.24) is 0 Å². The standard InChI is InChI=1S/2C9H13.2C8H17N2.2Hf.N2/c2*1-6-5-7(2)9(4)8(6)3;2*1-6(2)9-8(5)10-7(3)4;;;1-2/h2*5H,1-4H3;2*6-7H,1-5H3;;;/q;;2*-1;;;. The zero-order chi connectivity index (χ0) is 32.3. The van der Waals surface area contributed by atoms with Gasteiger partial charge in [0.1, 0.15) is 0 Å². The molecule has 0 unspecified atom stereocenters. The maximum Gasteiger partial charge on any atom is 0 e. The average molecular weight is 910 g/mol. The molecule has 10 radical (unpaired) electrons. The second kappa shape index (κ2) is 28.6. The van der Waals surface area contributed by atoms with E-state index in [0.29, 0.717) is 24.2 Å². The summed E-state index contributed by atoms with van der Waals surface area (Å²) >= 11 is 0. The predicted molar refractivity (Wildman–Crippen MR) is 177 cm³/mol. The summed E-state index contributed by atoms with van der Waals surface area (Å²) in [6.45, 7) is 37.7. The van der Waals surface area contributed by atoms with Crippen molar-refractivity contribution in [2.24, 2.45) is 9.98 Å². The zero-order valence-corrected chi connectivity index (χ0v) is 37.3. The van der Waals surface area contributed by atoms with Crippen LogP contribution in [0.25, 0.3) is 10.6 Å². The summed E-state index contributed by atoms with van der Waals surface area (Å²) in [6.07, 6.45) is 4.48. The van der Waals surface area contributed by atoms with Crippen molar-refractivity contribution in [1.29, 1.82) is 10.8 Å². The monoisotopic (exact) mass is 912 g/mol. The molecule has 0 spiro atoms. The molecule has 42 heavy (non-hydrogen) atoms. The van der Waals surface area contributed by atoms with Crippen LogP contribution >= 0.6 is 0 Å². The van der Waals surface area contributed by atoms with Crippen LogP contribution in [-0.2, 0) is 51.7 Å². The van der Waals surface area contributed by atoms with Gasteiger partial charge in [-0.3, -0.25) is 0 Å². The molecule has 8 heteroatoms. The van der Waals surface area contributed by atoms with E-state index in [4.69, 9.17) is 10.8 Å². The van der Waals surface area contributed by atoms with Gasteiger partial charge in [0.05, 0.1) is 0 Å². The molecule has 0 heterocycles. The quantitative estimate of drug-likeness (QED) is 0.121. The fourth-order valence-electron chi connectivity index (χ4n) is 3.83. The fourth-order valence-corrected chi connectivity index (χ4v) is 3.83. The summed E-state index contributed by atoms with van der Waals surface area (Å²) in [5.41, 5.74) is 0. The number of nitrogens with zero attached hydrogens (tertiary/aromatic N) is 6. The van der Waals surface area contributed by atoms with Crippen LogP contribution < -0.4 is 0 Å². The molecule has 0 aromatic carbocycles. The summed E-state index contributed by atoms with van der Waals surface area (Å²) in [6, 6.07) is 1.45. The van der Waals surface area contributed by atoms with Gasteiger partial charge in [0.2, 0.25) is 0 Å². The van der Waals surface area contributed by atoms with Crippen LogP contribution in [0.15, 0.2) is 9.98 Å². The van der Waals surface area contributed by atoms with E-state index in [1.807, 2.05) is 13.8 Å². The number of hydrogen-bond acceptors (Lipinski definition) is 4. The van der Waals surface area contributed by atoms with E-state index in [1.165, 1.54) is 47.3 Å². The smallest absolute Gasteiger partial charge is 0 e. The number of aliphatic imine (C=N–C) groups is 2. The first-order chi connectivity index (χ1) is 18.3. The molecular weight excluding hydrogens is 849 g/mol. The third kappa shape index (κ3) is 26.5. The van der Waals surface area contributed by atoms with Crippen LogP contribution in [0.2, 0.25) is 0 Å². The van der Waals surface area contributed by atoms with Gasteiger partial charge in [0.15, 0.2) is 0 Å². The van der Waals surface area contributed by atoms with Gasteiger partial charge >= 0.3 is 0 Å². The Bertz CT molecular complexity index is 625. The molecule has 0 aromatic heterocycles. The van der Waals surface area contributed by atoms with Crippen molar-refractivity contribution in [2.75, 3.05) is 0 Å². The first-order valence-electron chi connectivity index (χ1n) is 14.4. The normalized spacial score (nSPS) is 18.2. The van der Waals surface area contributed by atoms with Crippen molar-refractivity contribution in [3.05, 3.63) is 70.8 Å². The molecule has 2 fully saturated rings. The molecule has 236 valence electrons. The third-order valence-corrected chi connectivity index (χ3v) is 6.14. The van der Waals surface area contributed by atoms with Gasteiger partial charge < -0.3 is 20.6 Å². The minimum absolute atomic E-state index is 0. The first-order valence-corrected chi connectivity index (χ1v) is 14.4. The summed E-state index contributed by atoms with van der Waals surface area (Å²) in [4.78, 5) is 8.54. The molecule has 2 aliphatic rings. The van der Waals surface area contributed by atoms with Crippen molar-refractivity contribution in [3.8, 4) is 0 Å². The maximum absolute atomic E-state index is 6.00. The van der Waals surface area contributed by atoms with Crippen molar-refractivity contribution in [3.63, 3.8) is 0 Å². The fraction of sp³-hybridized carbons (Fsp3) is 0.647. The summed E-state index contributed by atoms with van der Waals surface area (Å²) in [5.74, 6) is 13.3. The van der Waals surface area contributed by atoms with Gasteiger partial charge in [0, 0.05) is 62.5 Å². The largest absolute Gasteiger partial charge is 0.467 e. The molecule has 0 atom stereocenters. The Labute approximate surface area is 301 Å². The van der Waals surface area contributed by atoms with Gasteiger partial charge in [-0.25, -0.2) is 0 Å².